The molecular weight excluding hydrogens is 341 g/mol. The van der Waals surface area contributed by atoms with Crippen LogP contribution in [0.3, 0.4) is 0 Å². The molecule has 0 aliphatic heterocycles. The fraction of sp³-hybridized carbons (Fsp3) is 0.250. The zero-order valence-electron chi connectivity index (χ0n) is 13.4. The highest BCUT2D eigenvalue weighted by atomic mass is 19.4. The molecule has 0 bridgehead atoms. The van der Waals surface area contributed by atoms with Gasteiger partial charge in [0, 0.05) is 30.1 Å². The van der Waals surface area contributed by atoms with Crippen LogP contribution in [-0.2, 0) is 17.5 Å². The van der Waals surface area contributed by atoms with Crippen LogP contribution in [0.5, 0.6) is 11.5 Å². The van der Waals surface area contributed by atoms with Crippen molar-refractivity contribution in [2.45, 2.75) is 12.7 Å². The summed E-state index contributed by atoms with van der Waals surface area (Å²) in [6, 6.07) is 6.34. The first kappa shape index (κ1) is 18.4. The molecule has 0 fully saturated rings. The SMILES string of the molecule is COc1cc(NC(=O)Cn2cccc(C(F)(F)F)c2=O)cc(OC)c1. The van der Waals surface area contributed by atoms with Crippen molar-refractivity contribution < 1.29 is 27.4 Å². The second-order valence-corrected chi connectivity index (χ2v) is 5.00. The number of amides is 1. The lowest BCUT2D eigenvalue weighted by Crippen LogP contribution is -2.31. The Morgan fingerprint density at radius 3 is 2.28 bits per heavy atom. The maximum absolute atomic E-state index is 12.7. The summed E-state index contributed by atoms with van der Waals surface area (Å²) in [6.07, 6.45) is -3.67. The zero-order valence-corrected chi connectivity index (χ0v) is 13.4. The third kappa shape index (κ3) is 4.52. The molecule has 9 heteroatoms. The van der Waals surface area contributed by atoms with Gasteiger partial charge in [-0.3, -0.25) is 9.59 Å². The van der Waals surface area contributed by atoms with Gasteiger partial charge in [-0.25, -0.2) is 0 Å². The van der Waals surface area contributed by atoms with Gasteiger partial charge in [-0.15, -0.1) is 0 Å². The number of nitrogens with zero attached hydrogens (tertiary/aromatic N) is 1. The van der Waals surface area contributed by atoms with E-state index in [4.69, 9.17) is 9.47 Å². The molecule has 0 aliphatic carbocycles. The summed E-state index contributed by atoms with van der Waals surface area (Å²) in [5.41, 5.74) is -2.29. The van der Waals surface area contributed by atoms with Gasteiger partial charge in [0.05, 0.1) is 14.2 Å². The van der Waals surface area contributed by atoms with Crippen LogP contribution in [0.4, 0.5) is 18.9 Å². The van der Waals surface area contributed by atoms with Crippen LogP contribution < -0.4 is 20.3 Å². The van der Waals surface area contributed by atoms with Gasteiger partial charge in [0.2, 0.25) is 5.91 Å². The van der Waals surface area contributed by atoms with Crippen molar-refractivity contribution in [2.24, 2.45) is 0 Å². The van der Waals surface area contributed by atoms with E-state index in [0.717, 1.165) is 12.3 Å². The Bertz CT molecular complexity index is 809. The summed E-state index contributed by atoms with van der Waals surface area (Å²) in [6.45, 7) is -0.567. The number of carbonyl (C=O) groups excluding carboxylic acids is 1. The monoisotopic (exact) mass is 356 g/mol. The van der Waals surface area contributed by atoms with E-state index < -0.39 is 29.8 Å². The molecule has 0 spiro atoms. The quantitative estimate of drug-likeness (QED) is 0.894. The van der Waals surface area contributed by atoms with Gasteiger partial charge in [0.1, 0.15) is 23.6 Å². The second kappa shape index (κ2) is 7.29. The lowest BCUT2D eigenvalue weighted by atomic mass is 10.2. The van der Waals surface area contributed by atoms with Crippen LogP contribution in [0.25, 0.3) is 0 Å². The minimum absolute atomic E-state index is 0.321. The molecule has 0 saturated heterocycles. The Labute approximate surface area is 140 Å². The van der Waals surface area contributed by atoms with E-state index in [1.165, 1.54) is 26.4 Å². The number of carbonyl (C=O) groups is 1. The first-order valence-corrected chi connectivity index (χ1v) is 7.04. The summed E-state index contributed by atoms with van der Waals surface area (Å²) in [4.78, 5) is 23.9. The van der Waals surface area contributed by atoms with Gasteiger partial charge in [0.25, 0.3) is 5.56 Å². The Balaban J connectivity index is 2.20. The molecular formula is C16H15F3N2O4. The number of ether oxygens (including phenoxy) is 2. The van der Waals surface area contributed by atoms with Crippen LogP contribution in [0.2, 0.25) is 0 Å². The van der Waals surface area contributed by atoms with Gasteiger partial charge >= 0.3 is 6.18 Å². The highest BCUT2D eigenvalue weighted by Gasteiger charge is 2.34. The number of benzene rings is 1. The second-order valence-electron chi connectivity index (χ2n) is 5.00. The van der Waals surface area contributed by atoms with Crippen molar-refractivity contribution >= 4 is 11.6 Å². The summed E-state index contributed by atoms with van der Waals surface area (Å²) in [5.74, 6) is 0.175. The van der Waals surface area contributed by atoms with E-state index in [1.54, 1.807) is 6.07 Å². The summed E-state index contributed by atoms with van der Waals surface area (Å²) in [7, 11) is 2.87. The number of anilines is 1. The summed E-state index contributed by atoms with van der Waals surface area (Å²) in [5, 5.41) is 2.49. The standard InChI is InChI=1S/C16H15F3N2O4/c1-24-11-6-10(7-12(8-11)25-2)20-14(22)9-21-5-3-4-13(15(21)23)16(17,18)19/h3-8H,9H2,1-2H3,(H,20,22). The minimum Gasteiger partial charge on any atom is -0.497 e. The molecule has 1 N–H and O–H groups in total. The molecule has 6 nitrogen and oxygen atoms in total. The van der Waals surface area contributed by atoms with E-state index in [9.17, 15) is 22.8 Å². The number of pyridine rings is 1. The average molecular weight is 356 g/mol. The van der Waals surface area contributed by atoms with Crippen molar-refractivity contribution in [1.29, 1.82) is 0 Å². The maximum atomic E-state index is 12.7. The molecule has 1 amide bonds. The van der Waals surface area contributed by atoms with E-state index in [1.807, 2.05) is 0 Å². The largest absolute Gasteiger partial charge is 0.497 e. The van der Waals surface area contributed by atoms with Crippen molar-refractivity contribution in [3.05, 3.63) is 52.4 Å². The summed E-state index contributed by atoms with van der Waals surface area (Å²) < 4.78 is 49.0. The molecule has 25 heavy (non-hydrogen) atoms. The van der Waals surface area contributed by atoms with Crippen molar-refractivity contribution in [3.63, 3.8) is 0 Å². The Hall–Kier alpha value is -2.97. The molecule has 2 rings (SSSR count). The van der Waals surface area contributed by atoms with Gasteiger partial charge < -0.3 is 19.4 Å². The van der Waals surface area contributed by atoms with Gasteiger partial charge in [-0.2, -0.15) is 13.2 Å². The lowest BCUT2D eigenvalue weighted by Gasteiger charge is -2.12. The van der Waals surface area contributed by atoms with Gasteiger partial charge in [-0.1, -0.05) is 0 Å². The van der Waals surface area contributed by atoms with E-state index in [2.05, 4.69) is 5.32 Å². The van der Waals surface area contributed by atoms with Crippen molar-refractivity contribution in [1.82, 2.24) is 4.57 Å². The number of nitrogens with one attached hydrogen (secondary N) is 1. The highest BCUT2D eigenvalue weighted by molar-refractivity contribution is 5.91. The van der Waals surface area contributed by atoms with Crippen LogP contribution in [0.1, 0.15) is 5.56 Å². The normalized spacial score (nSPS) is 11.1. The first-order chi connectivity index (χ1) is 11.7. The molecule has 0 radical (unpaired) electrons. The number of methoxy groups -OCH3 is 2. The molecule has 0 aliphatic rings. The third-order valence-electron chi connectivity index (χ3n) is 3.27. The van der Waals surface area contributed by atoms with Crippen LogP contribution >= 0.6 is 0 Å². The third-order valence-corrected chi connectivity index (χ3v) is 3.27. The number of alkyl halides is 3. The van der Waals surface area contributed by atoms with Crippen molar-refractivity contribution in [3.8, 4) is 11.5 Å². The minimum atomic E-state index is -4.78. The Morgan fingerprint density at radius 2 is 1.76 bits per heavy atom. The molecule has 2 aromatic rings. The van der Waals surface area contributed by atoms with E-state index >= 15 is 0 Å². The molecule has 134 valence electrons. The summed E-state index contributed by atoms with van der Waals surface area (Å²) >= 11 is 0. The highest BCUT2D eigenvalue weighted by Crippen LogP contribution is 2.27. The smallest absolute Gasteiger partial charge is 0.421 e. The fourth-order valence-electron chi connectivity index (χ4n) is 2.11. The zero-order chi connectivity index (χ0) is 18.6. The van der Waals surface area contributed by atoms with Crippen molar-refractivity contribution in [2.75, 3.05) is 19.5 Å². The Morgan fingerprint density at radius 1 is 1.16 bits per heavy atom. The fourth-order valence-corrected chi connectivity index (χ4v) is 2.11. The van der Waals surface area contributed by atoms with Crippen LogP contribution in [-0.4, -0.2) is 24.7 Å². The number of aromatic nitrogens is 1. The van der Waals surface area contributed by atoms with E-state index in [0.29, 0.717) is 27.8 Å². The molecule has 0 saturated carbocycles. The van der Waals surface area contributed by atoms with Crippen LogP contribution in [0, 0.1) is 0 Å². The first-order valence-electron chi connectivity index (χ1n) is 7.04. The molecule has 0 unspecified atom stereocenters. The lowest BCUT2D eigenvalue weighted by molar-refractivity contribution is -0.139. The molecule has 1 heterocycles. The number of hydrogen-bond donors (Lipinski definition) is 1. The Kier molecular flexibility index (Phi) is 5.35. The van der Waals surface area contributed by atoms with Gasteiger partial charge in [0.15, 0.2) is 0 Å². The number of rotatable bonds is 5. The number of halogens is 3. The molecule has 1 aromatic heterocycles. The molecule has 0 atom stereocenters. The predicted molar refractivity (Wildman–Crippen MR) is 83.9 cm³/mol. The maximum Gasteiger partial charge on any atom is 0.421 e. The van der Waals surface area contributed by atoms with E-state index in [-0.39, 0.29) is 0 Å². The molecule has 1 aromatic carbocycles. The topological polar surface area (TPSA) is 69.6 Å². The van der Waals surface area contributed by atoms with Crippen LogP contribution in [0.15, 0.2) is 41.3 Å². The number of hydrogen-bond acceptors (Lipinski definition) is 4. The predicted octanol–water partition coefficient (Wildman–Crippen LogP) is 2.52. The van der Waals surface area contributed by atoms with Gasteiger partial charge in [-0.05, 0) is 12.1 Å². The average Bonchev–Trinajstić information content (AvgIpc) is 2.55.